The second-order valence-electron chi connectivity index (χ2n) is 7.13. The number of aryl methyl sites for hydroxylation is 1. The second kappa shape index (κ2) is 8.17. The van der Waals surface area contributed by atoms with E-state index < -0.39 is 6.10 Å². The Balaban J connectivity index is 1.52. The molecule has 0 aliphatic carbocycles. The SMILES string of the molecule is Cc1c(Cl)ccc2sc(N(Cc3ccccn3)C(=O)C3COc4ccccc4O3)nc12. The van der Waals surface area contributed by atoms with Crippen LogP contribution >= 0.6 is 22.9 Å². The zero-order valence-electron chi connectivity index (χ0n) is 16.6. The quantitative estimate of drug-likeness (QED) is 0.435. The second-order valence-corrected chi connectivity index (χ2v) is 8.54. The lowest BCUT2D eigenvalue weighted by Crippen LogP contribution is -2.46. The third-order valence-corrected chi connectivity index (χ3v) is 6.52. The summed E-state index contributed by atoms with van der Waals surface area (Å²) in [6, 6.07) is 16.7. The number of anilines is 1. The van der Waals surface area contributed by atoms with Crippen LogP contribution in [0.25, 0.3) is 10.2 Å². The minimum absolute atomic E-state index is 0.129. The average molecular weight is 452 g/mol. The Morgan fingerprint density at radius 1 is 1.16 bits per heavy atom. The van der Waals surface area contributed by atoms with Gasteiger partial charge in [0, 0.05) is 11.2 Å². The Morgan fingerprint density at radius 3 is 2.77 bits per heavy atom. The largest absolute Gasteiger partial charge is 0.485 e. The van der Waals surface area contributed by atoms with Crippen molar-refractivity contribution in [3.63, 3.8) is 0 Å². The molecule has 5 rings (SSSR count). The van der Waals surface area contributed by atoms with Crippen LogP contribution in [0.3, 0.4) is 0 Å². The number of benzene rings is 2. The van der Waals surface area contributed by atoms with Crippen LogP contribution in [0.15, 0.2) is 60.8 Å². The van der Waals surface area contributed by atoms with Crippen molar-refractivity contribution in [2.45, 2.75) is 19.6 Å². The summed E-state index contributed by atoms with van der Waals surface area (Å²) >= 11 is 7.71. The summed E-state index contributed by atoms with van der Waals surface area (Å²) in [5.41, 5.74) is 2.43. The number of hydrogen-bond donors (Lipinski definition) is 0. The molecule has 3 heterocycles. The monoisotopic (exact) mass is 451 g/mol. The summed E-state index contributed by atoms with van der Waals surface area (Å²) in [5.74, 6) is 0.952. The standard InChI is InChI=1S/C23H18ClN3O3S/c1-14-16(24)9-10-20-21(14)26-23(31-20)27(12-15-6-4-5-11-25-15)22(28)19-13-29-17-7-2-3-8-18(17)30-19/h2-11,19H,12-13H2,1H3. The number of ether oxygens (including phenoxy) is 2. The lowest BCUT2D eigenvalue weighted by atomic mass is 10.2. The van der Waals surface area contributed by atoms with E-state index in [0.29, 0.717) is 21.7 Å². The number of halogens is 1. The molecule has 1 unspecified atom stereocenters. The van der Waals surface area contributed by atoms with Crippen LogP contribution < -0.4 is 14.4 Å². The van der Waals surface area contributed by atoms with Gasteiger partial charge in [-0.3, -0.25) is 14.7 Å². The first kappa shape index (κ1) is 19.8. The van der Waals surface area contributed by atoms with E-state index in [1.54, 1.807) is 17.2 Å². The van der Waals surface area contributed by atoms with Crippen LogP contribution in [0.4, 0.5) is 5.13 Å². The van der Waals surface area contributed by atoms with Crippen LogP contribution in [0, 0.1) is 6.92 Å². The van der Waals surface area contributed by atoms with Gasteiger partial charge in [-0.05, 0) is 48.9 Å². The number of hydrogen-bond acceptors (Lipinski definition) is 6. The number of amides is 1. The third kappa shape index (κ3) is 3.82. The number of rotatable bonds is 4. The molecule has 0 N–H and O–H groups in total. The molecular formula is C23H18ClN3O3S. The van der Waals surface area contributed by atoms with Gasteiger partial charge >= 0.3 is 0 Å². The summed E-state index contributed by atoms with van der Waals surface area (Å²) in [6.07, 6.45) is 0.923. The summed E-state index contributed by atoms with van der Waals surface area (Å²) in [7, 11) is 0. The van der Waals surface area contributed by atoms with Gasteiger partial charge in [0.2, 0.25) is 6.10 Å². The topological polar surface area (TPSA) is 64.6 Å². The molecule has 1 aliphatic heterocycles. The highest BCUT2D eigenvalue weighted by molar-refractivity contribution is 7.22. The van der Waals surface area contributed by atoms with E-state index in [1.807, 2.05) is 55.5 Å². The Morgan fingerprint density at radius 2 is 1.97 bits per heavy atom. The molecule has 1 amide bonds. The highest BCUT2D eigenvalue weighted by Gasteiger charge is 2.33. The maximum atomic E-state index is 13.6. The van der Waals surface area contributed by atoms with Crippen LogP contribution in [0.5, 0.6) is 11.5 Å². The zero-order chi connectivity index (χ0) is 21.4. The van der Waals surface area contributed by atoms with Crippen LogP contribution in [-0.2, 0) is 11.3 Å². The van der Waals surface area contributed by atoms with Gasteiger partial charge < -0.3 is 9.47 Å². The normalized spacial score (nSPS) is 15.1. The van der Waals surface area contributed by atoms with Crippen molar-refractivity contribution in [1.82, 2.24) is 9.97 Å². The first-order valence-electron chi connectivity index (χ1n) is 9.75. The van der Waals surface area contributed by atoms with E-state index in [2.05, 4.69) is 4.98 Å². The number of pyridine rings is 1. The molecule has 0 bridgehead atoms. The number of carbonyl (C=O) groups excluding carboxylic acids is 1. The van der Waals surface area contributed by atoms with Crippen molar-refractivity contribution < 1.29 is 14.3 Å². The van der Waals surface area contributed by atoms with E-state index in [1.165, 1.54) is 11.3 Å². The number of aromatic nitrogens is 2. The molecule has 0 radical (unpaired) electrons. The molecule has 2 aromatic heterocycles. The predicted octanol–water partition coefficient (Wildman–Crippen LogP) is 5.03. The summed E-state index contributed by atoms with van der Waals surface area (Å²) in [6.45, 7) is 2.33. The highest BCUT2D eigenvalue weighted by Crippen LogP contribution is 2.36. The fraction of sp³-hybridized carbons (Fsp3) is 0.174. The van der Waals surface area contributed by atoms with E-state index >= 15 is 0 Å². The van der Waals surface area contributed by atoms with E-state index in [9.17, 15) is 4.79 Å². The van der Waals surface area contributed by atoms with Crippen molar-refractivity contribution in [2.75, 3.05) is 11.5 Å². The summed E-state index contributed by atoms with van der Waals surface area (Å²) in [5, 5.41) is 1.21. The molecule has 0 saturated heterocycles. The van der Waals surface area contributed by atoms with Crippen molar-refractivity contribution >= 4 is 44.2 Å². The first-order chi connectivity index (χ1) is 15.1. The molecule has 6 nitrogen and oxygen atoms in total. The minimum Gasteiger partial charge on any atom is -0.485 e. The smallest absolute Gasteiger partial charge is 0.273 e. The number of thiazole rings is 1. The Labute approximate surface area is 188 Å². The lowest BCUT2D eigenvalue weighted by Gasteiger charge is -2.29. The van der Waals surface area contributed by atoms with Crippen LogP contribution in [0.2, 0.25) is 5.02 Å². The van der Waals surface area contributed by atoms with Gasteiger partial charge in [0.15, 0.2) is 16.6 Å². The van der Waals surface area contributed by atoms with Crippen LogP contribution in [-0.4, -0.2) is 28.6 Å². The van der Waals surface area contributed by atoms with Gasteiger partial charge in [0.05, 0.1) is 22.5 Å². The molecule has 0 saturated carbocycles. The first-order valence-corrected chi connectivity index (χ1v) is 10.9. The fourth-order valence-corrected chi connectivity index (χ4v) is 4.60. The Bertz CT molecular complexity index is 1260. The van der Waals surface area contributed by atoms with E-state index in [4.69, 9.17) is 26.1 Å². The summed E-state index contributed by atoms with van der Waals surface area (Å²) in [4.78, 5) is 24.3. The van der Waals surface area contributed by atoms with Crippen molar-refractivity contribution in [3.05, 3.63) is 77.1 Å². The van der Waals surface area contributed by atoms with Crippen LogP contribution in [0.1, 0.15) is 11.3 Å². The Hall–Kier alpha value is -3.16. The van der Waals surface area contributed by atoms with Crippen molar-refractivity contribution in [3.8, 4) is 11.5 Å². The van der Waals surface area contributed by atoms with Gasteiger partial charge in [0.1, 0.15) is 6.61 Å². The lowest BCUT2D eigenvalue weighted by molar-refractivity contribution is -0.127. The highest BCUT2D eigenvalue weighted by atomic mass is 35.5. The van der Waals surface area contributed by atoms with Crippen molar-refractivity contribution in [2.24, 2.45) is 0 Å². The Kier molecular flexibility index (Phi) is 5.21. The van der Waals surface area contributed by atoms with Gasteiger partial charge in [-0.15, -0.1) is 0 Å². The predicted molar refractivity (Wildman–Crippen MR) is 121 cm³/mol. The third-order valence-electron chi connectivity index (χ3n) is 5.06. The molecule has 1 atom stereocenters. The summed E-state index contributed by atoms with van der Waals surface area (Å²) < 4.78 is 12.7. The van der Waals surface area contributed by atoms with Gasteiger partial charge in [-0.25, -0.2) is 4.98 Å². The molecule has 156 valence electrons. The van der Waals surface area contributed by atoms with E-state index in [0.717, 1.165) is 21.5 Å². The maximum Gasteiger partial charge on any atom is 0.273 e. The molecule has 1 aliphatic rings. The molecule has 31 heavy (non-hydrogen) atoms. The minimum atomic E-state index is -0.782. The molecule has 2 aromatic carbocycles. The van der Waals surface area contributed by atoms with Crippen molar-refractivity contribution in [1.29, 1.82) is 0 Å². The van der Waals surface area contributed by atoms with E-state index in [-0.39, 0.29) is 19.1 Å². The molecule has 4 aromatic rings. The molecular weight excluding hydrogens is 434 g/mol. The van der Waals surface area contributed by atoms with Gasteiger partial charge in [-0.2, -0.15) is 0 Å². The number of fused-ring (bicyclic) bond motifs is 2. The number of carbonyl (C=O) groups is 1. The molecule has 8 heteroatoms. The number of nitrogens with zero attached hydrogens (tertiary/aromatic N) is 3. The van der Waals surface area contributed by atoms with Gasteiger partial charge in [0.25, 0.3) is 5.91 Å². The molecule has 0 fully saturated rings. The number of para-hydroxylation sites is 2. The fourth-order valence-electron chi connectivity index (χ4n) is 3.41. The molecule has 0 spiro atoms. The maximum absolute atomic E-state index is 13.6. The van der Waals surface area contributed by atoms with Gasteiger partial charge in [-0.1, -0.05) is 41.1 Å². The zero-order valence-corrected chi connectivity index (χ0v) is 18.2. The average Bonchev–Trinajstić information content (AvgIpc) is 3.25.